The Morgan fingerprint density at radius 3 is 2.08 bits per heavy atom. The van der Waals surface area contributed by atoms with Crippen molar-refractivity contribution in [3.8, 4) is 16.9 Å². The first-order valence-electron chi connectivity index (χ1n) is 11.2. The van der Waals surface area contributed by atoms with E-state index in [1.54, 1.807) is 54.6 Å². The average molecular weight is 529 g/mol. The zero-order valence-corrected chi connectivity index (χ0v) is 20.7. The van der Waals surface area contributed by atoms with Crippen LogP contribution in [0.4, 0.5) is 11.4 Å². The topological polar surface area (TPSA) is 75.7 Å². The molecule has 37 heavy (non-hydrogen) atoms. The number of anilines is 2. The molecule has 8 heteroatoms. The molecular formula is C29H18Cl2N2O4. The normalized spacial score (nSPS) is 13.2. The van der Waals surface area contributed by atoms with Gasteiger partial charge in [-0.05, 0) is 65.7 Å². The van der Waals surface area contributed by atoms with E-state index in [2.05, 4.69) is 5.32 Å². The molecule has 0 spiro atoms. The van der Waals surface area contributed by atoms with Gasteiger partial charge in [-0.15, -0.1) is 0 Å². The number of carbonyl (C=O) groups excluding carboxylic acids is 3. The first-order chi connectivity index (χ1) is 17.9. The minimum Gasteiger partial charge on any atom is -0.423 e. The van der Waals surface area contributed by atoms with E-state index in [-0.39, 0.29) is 10.7 Å². The molecule has 1 aliphatic rings. The monoisotopic (exact) mass is 528 g/mol. The molecule has 182 valence electrons. The second-order valence-electron chi connectivity index (χ2n) is 8.10. The number of rotatable bonds is 6. The lowest BCUT2D eigenvalue weighted by molar-refractivity contribution is -0.120. The SMILES string of the molecule is O=C(Oc1ccc(-c2ccccc2)cc1)c1ccc(NC2=C(Cl)C(=O)N(c3cccc(Cl)c3)C2=O)cc1. The predicted octanol–water partition coefficient (Wildman–Crippen LogP) is 6.66. The molecule has 0 atom stereocenters. The molecule has 0 aromatic heterocycles. The van der Waals surface area contributed by atoms with Gasteiger partial charge in [0.2, 0.25) is 0 Å². The number of carbonyl (C=O) groups is 3. The highest BCUT2D eigenvalue weighted by Crippen LogP contribution is 2.31. The van der Waals surface area contributed by atoms with Crippen molar-refractivity contribution in [1.29, 1.82) is 0 Å². The van der Waals surface area contributed by atoms with Crippen LogP contribution in [-0.4, -0.2) is 17.8 Å². The molecule has 0 fully saturated rings. The fourth-order valence-corrected chi connectivity index (χ4v) is 4.20. The molecule has 1 heterocycles. The molecule has 0 saturated heterocycles. The molecule has 0 bridgehead atoms. The predicted molar refractivity (Wildman–Crippen MR) is 144 cm³/mol. The van der Waals surface area contributed by atoms with E-state index in [9.17, 15) is 14.4 Å². The largest absolute Gasteiger partial charge is 0.423 e. The van der Waals surface area contributed by atoms with Crippen molar-refractivity contribution < 1.29 is 19.1 Å². The van der Waals surface area contributed by atoms with Crippen LogP contribution in [-0.2, 0) is 9.59 Å². The Balaban J connectivity index is 1.25. The van der Waals surface area contributed by atoms with E-state index in [1.165, 1.54) is 6.07 Å². The molecule has 4 aromatic carbocycles. The van der Waals surface area contributed by atoms with Gasteiger partial charge in [-0.25, -0.2) is 9.69 Å². The third-order valence-corrected chi connectivity index (χ3v) is 6.24. The number of nitrogens with one attached hydrogen (secondary N) is 1. The van der Waals surface area contributed by atoms with Gasteiger partial charge in [-0.3, -0.25) is 9.59 Å². The molecule has 4 aromatic rings. The Labute approximate surface area is 222 Å². The standard InChI is InChI=1S/C29H18Cl2N2O4/c30-21-7-4-8-23(17-21)33-27(34)25(31)26(28(33)35)32-22-13-9-20(10-14-22)29(36)37-24-15-11-19(12-16-24)18-5-2-1-3-6-18/h1-17,32H. The van der Waals surface area contributed by atoms with E-state index in [0.717, 1.165) is 16.0 Å². The summed E-state index contributed by atoms with van der Waals surface area (Å²) in [6.07, 6.45) is 0. The summed E-state index contributed by atoms with van der Waals surface area (Å²) in [5.41, 5.74) is 3.10. The minimum absolute atomic E-state index is 0.0690. The molecule has 6 nitrogen and oxygen atoms in total. The van der Waals surface area contributed by atoms with Gasteiger partial charge >= 0.3 is 5.97 Å². The maximum atomic E-state index is 12.9. The Hall–Kier alpha value is -4.39. The van der Waals surface area contributed by atoms with Gasteiger partial charge in [-0.1, -0.05) is 71.7 Å². The Kier molecular flexibility index (Phi) is 6.77. The average Bonchev–Trinajstić information content (AvgIpc) is 3.13. The quantitative estimate of drug-likeness (QED) is 0.172. The van der Waals surface area contributed by atoms with Crippen molar-refractivity contribution in [2.45, 2.75) is 0 Å². The van der Waals surface area contributed by atoms with Gasteiger partial charge in [0.15, 0.2) is 0 Å². The summed E-state index contributed by atoms with van der Waals surface area (Å²) >= 11 is 12.2. The summed E-state index contributed by atoms with van der Waals surface area (Å²) in [6.45, 7) is 0. The van der Waals surface area contributed by atoms with Crippen LogP contribution in [0.1, 0.15) is 10.4 Å². The highest BCUT2D eigenvalue weighted by molar-refractivity contribution is 6.53. The summed E-state index contributed by atoms with van der Waals surface area (Å²) in [7, 11) is 0. The van der Waals surface area contributed by atoms with Crippen molar-refractivity contribution in [2.75, 3.05) is 10.2 Å². The van der Waals surface area contributed by atoms with E-state index >= 15 is 0 Å². The number of amides is 2. The molecule has 0 unspecified atom stereocenters. The summed E-state index contributed by atoms with van der Waals surface area (Å²) < 4.78 is 5.48. The fourth-order valence-electron chi connectivity index (χ4n) is 3.81. The van der Waals surface area contributed by atoms with Gasteiger partial charge in [0.1, 0.15) is 16.5 Å². The summed E-state index contributed by atoms with van der Waals surface area (Å²) in [5.74, 6) is -1.38. The van der Waals surface area contributed by atoms with Crippen molar-refractivity contribution in [3.05, 3.63) is 124 Å². The lowest BCUT2D eigenvalue weighted by Crippen LogP contribution is -2.32. The molecule has 0 saturated carbocycles. The van der Waals surface area contributed by atoms with E-state index in [1.807, 2.05) is 42.5 Å². The Bertz CT molecular complexity index is 1530. The number of benzene rings is 4. The number of hydrogen-bond acceptors (Lipinski definition) is 5. The number of ether oxygens (including phenoxy) is 1. The first-order valence-corrected chi connectivity index (χ1v) is 12.0. The fraction of sp³-hybridized carbons (Fsp3) is 0. The van der Waals surface area contributed by atoms with Crippen LogP contribution in [0.5, 0.6) is 5.75 Å². The summed E-state index contributed by atoms with van der Waals surface area (Å²) in [4.78, 5) is 39.1. The minimum atomic E-state index is -0.657. The molecule has 2 amide bonds. The van der Waals surface area contributed by atoms with Crippen molar-refractivity contribution in [1.82, 2.24) is 0 Å². The van der Waals surface area contributed by atoms with E-state index in [4.69, 9.17) is 27.9 Å². The number of esters is 1. The third-order valence-electron chi connectivity index (χ3n) is 5.66. The van der Waals surface area contributed by atoms with E-state index < -0.39 is 17.8 Å². The zero-order chi connectivity index (χ0) is 25.9. The Morgan fingerprint density at radius 2 is 1.41 bits per heavy atom. The van der Waals surface area contributed by atoms with Gasteiger partial charge in [0.05, 0.1) is 11.3 Å². The first kappa shape index (κ1) is 24.3. The molecule has 0 radical (unpaired) electrons. The third kappa shape index (κ3) is 5.11. The number of halogens is 2. The summed E-state index contributed by atoms with van der Waals surface area (Å²) in [6, 6.07) is 29.7. The van der Waals surface area contributed by atoms with Crippen LogP contribution >= 0.6 is 23.2 Å². The van der Waals surface area contributed by atoms with E-state index in [0.29, 0.717) is 27.7 Å². The highest BCUT2D eigenvalue weighted by atomic mass is 35.5. The molecule has 0 aliphatic carbocycles. The Morgan fingerprint density at radius 1 is 0.730 bits per heavy atom. The molecular weight excluding hydrogens is 511 g/mol. The van der Waals surface area contributed by atoms with Gasteiger partial charge in [-0.2, -0.15) is 0 Å². The summed E-state index contributed by atoms with van der Waals surface area (Å²) in [5, 5.41) is 3.01. The van der Waals surface area contributed by atoms with Crippen LogP contribution in [0.25, 0.3) is 11.1 Å². The maximum absolute atomic E-state index is 12.9. The zero-order valence-electron chi connectivity index (χ0n) is 19.2. The van der Waals surface area contributed by atoms with Crippen molar-refractivity contribution >= 4 is 52.4 Å². The molecule has 1 N–H and O–H groups in total. The van der Waals surface area contributed by atoms with Gasteiger partial charge < -0.3 is 10.1 Å². The molecule has 1 aliphatic heterocycles. The van der Waals surface area contributed by atoms with Crippen LogP contribution in [0.15, 0.2) is 114 Å². The van der Waals surface area contributed by atoms with Crippen LogP contribution < -0.4 is 15.0 Å². The van der Waals surface area contributed by atoms with Crippen molar-refractivity contribution in [2.24, 2.45) is 0 Å². The second-order valence-corrected chi connectivity index (χ2v) is 8.91. The number of nitrogens with zero attached hydrogens (tertiary/aromatic N) is 1. The number of imide groups is 1. The second kappa shape index (κ2) is 10.3. The van der Waals surface area contributed by atoms with Crippen LogP contribution in [0.2, 0.25) is 5.02 Å². The molecule has 5 rings (SSSR count). The van der Waals surface area contributed by atoms with Gasteiger partial charge in [0, 0.05) is 10.7 Å². The van der Waals surface area contributed by atoms with Crippen LogP contribution in [0.3, 0.4) is 0 Å². The lowest BCUT2D eigenvalue weighted by atomic mass is 10.1. The van der Waals surface area contributed by atoms with Crippen LogP contribution in [0, 0.1) is 0 Å². The maximum Gasteiger partial charge on any atom is 0.343 e. The number of hydrogen-bond donors (Lipinski definition) is 1. The van der Waals surface area contributed by atoms with Crippen molar-refractivity contribution in [3.63, 3.8) is 0 Å². The highest BCUT2D eigenvalue weighted by Gasteiger charge is 2.39. The van der Waals surface area contributed by atoms with Gasteiger partial charge in [0.25, 0.3) is 11.8 Å². The smallest absolute Gasteiger partial charge is 0.343 e. The lowest BCUT2D eigenvalue weighted by Gasteiger charge is -2.15.